The first-order chi connectivity index (χ1) is 18.2. The fourth-order valence-corrected chi connectivity index (χ4v) is 4.77. The largest absolute Gasteiger partial charge is 0.432 e. The van der Waals surface area contributed by atoms with Gasteiger partial charge in [-0.1, -0.05) is 24.3 Å². The molecule has 0 bridgehead atoms. The highest BCUT2D eigenvalue weighted by molar-refractivity contribution is 5.26. The minimum absolute atomic E-state index is 0.0413. The predicted octanol–water partition coefficient (Wildman–Crippen LogP) is 8.14. The summed E-state index contributed by atoms with van der Waals surface area (Å²) in [4.78, 5) is 0. The Morgan fingerprint density at radius 2 is 1.53 bits per heavy atom. The Kier molecular flexibility index (Phi) is 9.44. The molecule has 2 aliphatic rings. The van der Waals surface area contributed by atoms with Crippen LogP contribution in [0.5, 0.6) is 5.75 Å². The van der Waals surface area contributed by atoms with Crippen LogP contribution in [-0.4, -0.2) is 25.4 Å². The van der Waals surface area contributed by atoms with Crippen LogP contribution < -0.4 is 4.74 Å². The Balaban J connectivity index is 1.25. The van der Waals surface area contributed by atoms with E-state index >= 15 is 0 Å². The van der Waals surface area contributed by atoms with Crippen LogP contribution in [0.15, 0.2) is 60.7 Å². The molecule has 38 heavy (non-hydrogen) atoms. The van der Waals surface area contributed by atoms with Crippen molar-refractivity contribution >= 4 is 0 Å². The van der Waals surface area contributed by atoms with Crippen LogP contribution in [0, 0.1) is 17.7 Å². The van der Waals surface area contributed by atoms with Gasteiger partial charge in [0.1, 0.15) is 11.6 Å². The summed E-state index contributed by atoms with van der Waals surface area (Å²) in [5.74, 6) is -1.57. The second-order valence-electron chi connectivity index (χ2n) is 9.86. The molecule has 1 saturated heterocycles. The SMILES string of the molecule is C/C=C/CCC1COC(c2ccc(C(F)(F)OC3CCC(C(F)(F)Oc4ccc(F)cc4)CC3)cc2)OC1. The number of benzene rings is 2. The van der Waals surface area contributed by atoms with Crippen LogP contribution in [0.25, 0.3) is 0 Å². The Morgan fingerprint density at radius 1 is 0.895 bits per heavy atom. The molecule has 0 unspecified atom stereocenters. The summed E-state index contributed by atoms with van der Waals surface area (Å²) < 4.78 is 93.3. The molecule has 0 radical (unpaired) electrons. The number of ether oxygens (including phenoxy) is 4. The second kappa shape index (κ2) is 12.6. The van der Waals surface area contributed by atoms with Crippen LogP contribution >= 0.6 is 0 Å². The van der Waals surface area contributed by atoms with Gasteiger partial charge in [-0.2, -0.15) is 17.6 Å². The van der Waals surface area contributed by atoms with Crippen LogP contribution in [0.1, 0.15) is 62.9 Å². The summed E-state index contributed by atoms with van der Waals surface area (Å²) in [5.41, 5.74) is 0.314. The highest BCUT2D eigenvalue weighted by Crippen LogP contribution is 2.42. The maximum atomic E-state index is 14.9. The van der Waals surface area contributed by atoms with E-state index in [9.17, 15) is 22.0 Å². The summed E-state index contributed by atoms with van der Waals surface area (Å²) in [7, 11) is 0. The summed E-state index contributed by atoms with van der Waals surface area (Å²) in [6.45, 7) is 3.06. The van der Waals surface area contributed by atoms with Gasteiger partial charge in [0.25, 0.3) is 0 Å². The van der Waals surface area contributed by atoms with Crippen molar-refractivity contribution in [2.24, 2.45) is 11.8 Å². The maximum absolute atomic E-state index is 14.9. The van der Waals surface area contributed by atoms with E-state index in [1.54, 1.807) is 0 Å². The van der Waals surface area contributed by atoms with Gasteiger partial charge >= 0.3 is 12.2 Å². The first-order valence-corrected chi connectivity index (χ1v) is 13.0. The number of hydrogen-bond acceptors (Lipinski definition) is 4. The smallest absolute Gasteiger partial charge is 0.400 e. The van der Waals surface area contributed by atoms with Gasteiger partial charge in [0.15, 0.2) is 6.29 Å². The van der Waals surface area contributed by atoms with Crippen molar-refractivity contribution in [2.45, 2.75) is 70.1 Å². The lowest BCUT2D eigenvalue weighted by molar-refractivity contribution is -0.284. The lowest BCUT2D eigenvalue weighted by atomic mass is 9.86. The molecule has 4 nitrogen and oxygen atoms in total. The van der Waals surface area contributed by atoms with Gasteiger partial charge in [-0.05, 0) is 81.8 Å². The van der Waals surface area contributed by atoms with Gasteiger partial charge in [-0.3, -0.25) is 0 Å². The summed E-state index contributed by atoms with van der Waals surface area (Å²) in [6, 6.07) is 9.92. The molecule has 4 rings (SSSR count). The first-order valence-electron chi connectivity index (χ1n) is 13.0. The van der Waals surface area contributed by atoms with Crippen molar-refractivity contribution in [1.29, 1.82) is 0 Å². The third-order valence-corrected chi connectivity index (χ3v) is 6.99. The molecule has 0 amide bonds. The van der Waals surface area contributed by atoms with Crippen LogP contribution in [0.4, 0.5) is 22.0 Å². The van der Waals surface area contributed by atoms with Gasteiger partial charge in [0, 0.05) is 11.5 Å². The topological polar surface area (TPSA) is 36.9 Å². The molecule has 208 valence electrons. The molecule has 9 heteroatoms. The number of halogens is 5. The molecule has 0 N–H and O–H groups in total. The zero-order valence-corrected chi connectivity index (χ0v) is 21.3. The monoisotopic (exact) mass is 540 g/mol. The maximum Gasteiger partial charge on any atom is 0.400 e. The average molecular weight is 541 g/mol. The molecular weight excluding hydrogens is 507 g/mol. The van der Waals surface area contributed by atoms with Gasteiger partial charge in [-0.25, -0.2) is 4.39 Å². The Hall–Kier alpha value is -2.49. The summed E-state index contributed by atoms with van der Waals surface area (Å²) in [5, 5.41) is 0. The molecule has 2 aromatic rings. The molecule has 1 aliphatic carbocycles. The van der Waals surface area contributed by atoms with E-state index in [2.05, 4.69) is 6.08 Å². The summed E-state index contributed by atoms with van der Waals surface area (Å²) in [6.07, 6.45) is -2.54. The molecule has 0 aromatic heterocycles. The standard InChI is InChI=1S/C29H33F5O4/c1-2-3-4-5-20-18-35-27(36-19-20)21-6-8-22(9-7-21)28(31,32)37-25-14-10-23(11-15-25)29(33,34)38-26-16-12-24(30)13-17-26/h2-3,6-9,12-13,16-17,20,23,25,27H,4-5,10-11,14-15,18-19H2,1H3/b3-2+. The normalized spacial score (nSPS) is 25.0. The average Bonchev–Trinajstić information content (AvgIpc) is 2.91. The van der Waals surface area contributed by atoms with E-state index in [-0.39, 0.29) is 37.0 Å². The number of allylic oxidation sites excluding steroid dienone is 2. The third kappa shape index (κ3) is 7.55. The van der Waals surface area contributed by atoms with E-state index in [0.717, 1.165) is 37.1 Å². The Labute approximate surface area is 219 Å². The minimum atomic E-state index is -3.57. The highest BCUT2D eigenvalue weighted by Gasteiger charge is 2.46. The number of alkyl halides is 4. The first kappa shape index (κ1) is 28.5. The van der Waals surface area contributed by atoms with Crippen molar-refractivity contribution in [2.75, 3.05) is 13.2 Å². The molecule has 0 spiro atoms. The van der Waals surface area contributed by atoms with Gasteiger partial charge < -0.3 is 18.9 Å². The molecule has 2 fully saturated rings. The van der Waals surface area contributed by atoms with Crippen molar-refractivity contribution in [3.63, 3.8) is 0 Å². The van der Waals surface area contributed by atoms with E-state index < -0.39 is 36.3 Å². The zero-order chi connectivity index (χ0) is 27.2. The third-order valence-electron chi connectivity index (χ3n) is 6.99. The summed E-state index contributed by atoms with van der Waals surface area (Å²) >= 11 is 0. The Bertz CT molecular complexity index is 1030. The Morgan fingerprint density at radius 3 is 2.13 bits per heavy atom. The lowest BCUT2D eigenvalue weighted by Gasteiger charge is -2.34. The number of rotatable bonds is 10. The number of hydrogen-bond donors (Lipinski definition) is 0. The fourth-order valence-electron chi connectivity index (χ4n) is 4.77. The van der Waals surface area contributed by atoms with Gasteiger partial charge in [-0.15, -0.1) is 0 Å². The van der Waals surface area contributed by atoms with Crippen LogP contribution in [0.3, 0.4) is 0 Å². The van der Waals surface area contributed by atoms with Gasteiger partial charge in [0.2, 0.25) is 0 Å². The van der Waals surface area contributed by atoms with E-state index in [1.807, 2.05) is 13.0 Å². The second-order valence-corrected chi connectivity index (χ2v) is 9.86. The minimum Gasteiger partial charge on any atom is -0.432 e. The lowest BCUT2D eigenvalue weighted by Crippen LogP contribution is -2.39. The molecule has 0 atom stereocenters. The fraction of sp³-hybridized carbons (Fsp3) is 0.517. The van der Waals surface area contributed by atoms with Crippen molar-refractivity contribution < 1.29 is 40.9 Å². The van der Waals surface area contributed by atoms with E-state index in [0.29, 0.717) is 24.7 Å². The van der Waals surface area contributed by atoms with E-state index in [1.165, 1.54) is 24.3 Å². The van der Waals surface area contributed by atoms with Crippen molar-refractivity contribution in [1.82, 2.24) is 0 Å². The van der Waals surface area contributed by atoms with Crippen LogP contribution in [-0.2, 0) is 20.3 Å². The molecule has 1 aliphatic heterocycles. The molecule has 1 saturated carbocycles. The van der Waals surface area contributed by atoms with E-state index in [4.69, 9.17) is 18.9 Å². The zero-order valence-electron chi connectivity index (χ0n) is 21.3. The van der Waals surface area contributed by atoms with Gasteiger partial charge in [0.05, 0.1) is 30.8 Å². The molecule has 2 aromatic carbocycles. The predicted molar refractivity (Wildman–Crippen MR) is 131 cm³/mol. The molecular formula is C29H33F5O4. The molecule has 1 heterocycles. The van der Waals surface area contributed by atoms with Crippen molar-refractivity contribution in [3.8, 4) is 5.75 Å². The highest BCUT2D eigenvalue weighted by atomic mass is 19.3. The quantitative estimate of drug-likeness (QED) is 0.225. The van der Waals surface area contributed by atoms with Crippen LogP contribution in [0.2, 0.25) is 0 Å². The van der Waals surface area contributed by atoms with Crippen molar-refractivity contribution in [3.05, 3.63) is 77.6 Å².